The molecule has 0 unspecified atom stereocenters. The molecule has 1 aliphatic rings. The fourth-order valence-corrected chi connectivity index (χ4v) is 4.24. The monoisotopic (exact) mass is 385 g/mol. The maximum absolute atomic E-state index is 12.2. The van der Waals surface area contributed by atoms with Gasteiger partial charge in [0.25, 0.3) is 5.91 Å². The minimum atomic E-state index is -0.133. The van der Waals surface area contributed by atoms with Gasteiger partial charge in [0.1, 0.15) is 11.1 Å². The van der Waals surface area contributed by atoms with E-state index in [0.717, 1.165) is 53.2 Å². The zero-order valence-corrected chi connectivity index (χ0v) is 16.1. The lowest BCUT2D eigenvalue weighted by Crippen LogP contribution is -2.11. The number of nitriles is 1. The number of allylic oxidation sites excluding steroid dienone is 2. The van der Waals surface area contributed by atoms with Crippen molar-refractivity contribution in [2.24, 2.45) is 0 Å². The second-order valence-electron chi connectivity index (χ2n) is 6.73. The highest BCUT2D eigenvalue weighted by atomic mass is 32.1. The molecule has 0 bridgehead atoms. The Hall–Kier alpha value is -3.23. The standard InChI is InChI=1S/C23H19N3OS/c24-14-20(16-6-4-5-7-16)23-26-21(15-28-23)17-10-12-19(13-11-17)25-22(27)18-8-2-1-3-9-18/h1-3,8-13,15H,4-7H2,(H,25,27). The lowest BCUT2D eigenvalue weighted by atomic mass is 10.1. The molecule has 138 valence electrons. The third-order valence-corrected chi connectivity index (χ3v) is 5.72. The van der Waals surface area contributed by atoms with Crippen LogP contribution in [-0.4, -0.2) is 10.9 Å². The highest BCUT2D eigenvalue weighted by Gasteiger charge is 2.17. The normalized spacial score (nSPS) is 13.2. The summed E-state index contributed by atoms with van der Waals surface area (Å²) >= 11 is 1.51. The Morgan fingerprint density at radius 1 is 1.04 bits per heavy atom. The molecule has 4 rings (SSSR count). The van der Waals surface area contributed by atoms with Crippen LogP contribution in [0.1, 0.15) is 41.0 Å². The number of rotatable bonds is 4. The van der Waals surface area contributed by atoms with Crippen molar-refractivity contribution >= 4 is 28.5 Å². The van der Waals surface area contributed by atoms with Crippen LogP contribution in [-0.2, 0) is 0 Å². The number of carbonyl (C=O) groups excluding carboxylic acids is 1. The van der Waals surface area contributed by atoms with Crippen LogP contribution in [0.5, 0.6) is 0 Å². The van der Waals surface area contributed by atoms with Crippen molar-refractivity contribution in [3.63, 3.8) is 0 Å². The van der Waals surface area contributed by atoms with Gasteiger partial charge in [0.15, 0.2) is 0 Å². The van der Waals surface area contributed by atoms with Crippen LogP contribution in [0.15, 0.2) is 65.6 Å². The van der Waals surface area contributed by atoms with Gasteiger partial charge in [0.05, 0.1) is 11.3 Å². The van der Waals surface area contributed by atoms with Gasteiger partial charge in [-0.25, -0.2) is 4.98 Å². The van der Waals surface area contributed by atoms with Crippen LogP contribution < -0.4 is 5.32 Å². The Labute approximate surface area is 168 Å². The molecular weight excluding hydrogens is 366 g/mol. The van der Waals surface area contributed by atoms with Gasteiger partial charge in [-0.3, -0.25) is 4.79 Å². The molecule has 4 nitrogen and oxygen atoms in total. The van der Waals surface area contributed by atoms with Gasteiger partial charge < -0.3 is 5.32 Å². The SMILES string of the molecule is N#CC(=C1CCCC1)c1nc(-c2ccc(NC(=O)c3ccccc3)cc2)cs1. The third-order valence-electron chi connectivity index (χ3n) is 4.87. The molecule has 5 heteroatoms. The maximum atomic E-state index is 12.2. The van der Waals surface area contributed by atoms with E-state index in [4.69, 9.17) is 0 Å². The van der Waals surface area contributed by atoms with Crippen molar-refractivity contribution in [2.45, 2.75) is 25.7 Å². The number of thiazole rings is 1. The van der Waals surface area contributed by atoms with Gasteiger partial charge in [-0.2, -0.15) is 5.26 Å². The second-order valence-corrected chi connectivity index (χ2v) is 7.59. The quantitative estimate of drug-likeness (QED) is 0.567. The highest BCUT2D eigenvalue weighted by Crippen LogP contribution is 2.34. The van der Waals surface area contributed by atoms with Gasteiger partial charge in [0.2, 0.25) is 0 Å². The number of anilines is 1. The number of hydrogen-bond acceptors (Lipinski definition) is 4. The molecule has 1 N–H and O–H groups in total. The van der Waals surface area contributed by atoms with Gasteiger partial charge >= 0.3 is 0 Å². The minimum Gasteiger partial charge on any atom is -0.322 e. The number of benzene rings is 2. The lowest BCUT2D eigenvalue weighted by Gasteiger charge is -2.06. The molecule has 1 amide bonds. The molecule has 2 aromatic carbocycles. The molecule has 0 radical (unpaired) electrons. The Morgan fingerprint density at radius 2 is 1.75 bits per heavy atom. The lowest BCUT2D eigenvalue weighted by molar-refractivity contribution is 0.102. The Bertz CT molecular complexity index is 1050. The first-order valence-corrected chi connectivity index (χ1v) is 10.2. The second kappa shape index (κ2) is 8.20. The predicted molar refractivity (Wildman–Crippen MR) is 113 cm³/mol. The summed E-state index contributed by atoms with van der Waals surface area (Å²) in [7, 11) is 0. The summed E-state index contributed by atoms with van der Waals surface area (Å²) in [5.41, 5.74) is 5.17. The van der Waals surface area contributed by atoms with Gasteiger partial charge in [0, 0.05) is 22.2 Å². The number of aromatic nitrogens is 1. The molecule has 1 fully saturated rings. The van der Waals surface area contributed by atoms with Crippen molar-refractivity contribution < 1.29 is 4.79 Å². The molecule has 1 saturated carbocycles. The number of amides is 1. The van der Waals surface area contributed by atoms with Crippen molar-refractivity contribution in [1.29, 1.82) is 5.26 Å². The van der Waals surface area contributed by atoms with Crippen LogP contribution >= 0.6 is 11.3 Å². The number of carbonyl (C=O) groups is 1. The summed E-state index contributed by atoms with van der Waals surface area (Å²) in [6.45, 7) is 0. The number of nitrogens with one attached hydrogen (secondary N) is 1. The molecule has 0 aliphatic heterocycles. The summed E-state index contributed by atoms with van der Waals surface area (Å²) in [5, 5.41) is 15.2. The van der Waals surface area contributed by atoms with Gasteiger partial charge in [-0.1, -0.05) is 30.3 Å². The fraction of sp³-hybridized carbons (Fsp3) is 0.174. The number of hydrogen-bond donors (Lipinski definition) is 1. The van der Waals surface area contributed by atoms with Crippen LogP contribution in [0.3, 0.4) is 0 Å². The first kappa shape index (κ1) is 18.1. The van der Waals surface area contributed by atoms with Crippen molar-refractivity contribution in [2.75, 3.05) is 5.32 Å². The van der Waals surface area contributed by atoms with Crippen molar-refractivity contribution in [3.05, 3.63) is 76.1 Å². The molecule has 0 spiro atoms. The molecule has 3 aromatic rings. The van der Waals surface area contributed by atoms with E-state index in [9.17, 15) is 10.1 Å². The summed E-state index contributed by atoms with van der Waals surface area (Å²) < 4.78 is 0. The van der Waals surface area contributed by atoms with Crippen LogP contribution in [0.2, 0.25) is 0 Å². The molecular formula is C23H19N3OS. The Kier molecular flexibility index (Phi) is 5.31. The van der Waals surface area contributed by atoms with E-state index in [1.165, 1.54) is 16.9 Å². The molecule has 1 aliphatic carbocycles. The molecule has 0 saturated heterocycles. The topological polar surface area (TPSA) is 65.8 Å². The van der Waals surface area contributed by atoms with Gasteiger partial charge in [-0.05, 0) is 55.5 Å². The summed E-state index contributed by atoms with van der Waals surface area (Å²) in [5.74, 6) is -0.133. The zero-order chi connectivity index (χ0) is 19.3. The summed E-state index contributed by atoms with van der Waals surface area (Å²) in [4.78, 5) is 16.9. The van der Waals surface area contributed by atoms with Crippen molar-refractivity contribution in [3.8, 4) is 17.3 Å². The average molecular weight is 385 g/mol. The molecule has 1 aromatic heterocycles. The summed E-state index contributed by atoms with van der Waals surface area (Å²) in [6, 6.07) is 19.1. The predicted octanol–water partition coefficient (Wildman–Crippen LogP) is 5.91. The smallest absolute Gasteiger partial charge is 0.255 e. The molecule has 1 heterocycles. The highest BCUT2D eigenvalue weighted by molar-refractivity contribution is 7.11. The van der Waals surface area contributed by atoms with E-state index in [1.807, 2.05) is 47.8 Å². The largest absolute Gasteiger partial charge is 0.322 e. The van der Waals surface area contributed by atoms with Crippen LogP contribution in [0, 0.1) is 11.3 Å². The van der Waals surface area contributed by atoms with E-state index < -0.39 is 0 Å². The Morgan fingerprint density at radius 3 is 2.43 bits per heavy atom. The number of nitrogens with zero attached hydrogens (tertiary/aromatic N) is 2. The van der Waals surface area contributed by atoms with E-state index in [0.29, 0.717) is 5.56 Å². The van der Waals surface area contributed by atoms with Crippen LogP contribution in [0.4, 0.5) is 5.69 Å². The van der Waals surface area contributed by atoms with E-state index in [2.05, 4.69) is 16.4 Å². The van der Waals surface area contributed by atoms with Crippen LogP contribution in [0.25, 0.3) is 16.8 Å². The summed E-state index contributed by atoms with van der Waals surface area (Å²) in [6.07, 6.45) is 4.34. The maximum Gasteiger partial charge on any atom is 0.255 e. The molecule has 28 heavy (non-hydrogen) atoms. The van der Waals surface area contributed by atoms with E-state index in [-0.39, 0.29) is 5.91 Å². The van der Waals surface area contributed by atoms with Gasteiger partial charge in [-0.15, -0.1) is 11.3 Å². The first-order valence-electron chi connectivity index (χ1n) is 9.29. The fourth-order valence-electron chi connectivity index (χ4n) is 3.37. The first-order chi connectivity index (χ1) is 13.7. The third kappa shape index (κ3) is 3.88. The van der Waals surface area contributed by atoms with Crippen molar-refractivity contribution in [1.82, 2.24) is 4.98 Å². The van der Waals surface area contributed by atoms with E-state index >= 15 is 0 Å². The minimum absolute atomic E-state index is 0.133. The molecule has 0 atom stereocenters. The zero-order valence-electron chi connectivity index (χ0n) is 15.3. The average Bonchev–Trinajstić information content (AvgIpc) is 3.43. The van der Waals surface area contributed by atoms with E-state index in [1.54, 1.807) is 12.1 Å². The Balaban J connectivity index is 1.50.